The maximum Gasteiger partial charge on any atom is 0.324 e. The van der Waals surface area contributed by atoms with Crippen molar-refractivity contribution in [2.75, 3.05) is 6.54 Å². The van der Waals surface area contributed by atoms with Gasteiger partial charge in [0.15, 0.2) is 0 Å². The standard InChI is InChI=1S/C11H15N3O3S.ClH/c1-7-6-8(4-5-12-7)13-11(15)9-2-3-10(18-9)14(16)17;/h2-3,7-8,12H,4-6H2,1H3,(H,13,15);1H. The summed E-state index contributed by atoms with van der Waals surface area (Å²) in [4.78, 5) is 22.4. The minimum atomic E-state index is -0.478. The van der Waals surface area contributed by atoms with E-state index >= 15 is 0 Å². The molecule has 6 nitrogen and oxygen atoms in total. The predicted octanol–water partition coefficient (Wildman–Crippen LogP) is 1.95. The van der Waals surface area contributed by atoms with Gasteiger partial charge in [-0.1, -0.05) is 11.3 Å². The molecule has 1 aliphatic rings. The lowest BCUT2D eigenvalue weighted by Gasteiger charge is -2.28. The van der Waals surface area contributed by atoms with E-state index < -0.39 is 4.92 Å². The molecule has 19 heavy (non-hydrogen) atoms. The number of hydrogen-bond acceptors (Lipinski definition) is 5. The lowest BCUT2D eigenvalue weighted by atomic mass is 10.0. The van der Waals surface area contributed by atoms with Gasteiger partial charge in [-0.2, -0.15) is 0 Å². The number of piperidine rings is 1. The number of nitrogens with one attached hydrogen (secondary N) is 2. The molecule has 2 heterocycles. The highest BCUT2D eigenvalue weighted by Crippen LogP contribution is 2.24. The van der Waals surface area contributed by atoms with Gasteiger partial charge in [0, 0.05) is 18.2 Å². The Morgan fingerprint density at radius 1 is 1.58 bits per heavy atom. The Hall–Kier alpha value is -1.18. The molecule has 1 aromatic heterocycles. The van der Waals surface area contributed by atoms with Crippen molar-refractivity contribution >= 4 is 34.7 Å². The van der Waals surface area contributed by atoms with Gasteiger partial charge in [-0.3, -0.25) is 14.9 Å². The van der Waals surface area contributed by atoms with Crippen LogP contribution in [0.4, 0.5) is 5.00 Å². The average Bonchev–Trinajstić information content (AvgIpc) is 2.78. The summed E-state index contributed by atoms with van der Waals surface area (Å²) in [6.45, 7) is 2.96. The van der Waals surface area contributed by atoms with Gasteiger partial charge in [0.2, 0.25) is 0 Å². The molecule has 1 fully saturated rings. The predicted molar refractivity (Wildman–Crippen MR) is 76.2 cm³/mol. The molecule has 2 N–H and O–H groups in total. The molecule has 2 rings (SSSR count). The Kier molecular flexibility index (Phi) is 5.71. The Balaban J connectivity index is 0.00000180. The molecule has 0 aromatic carbocycles. The average molecular weight is 306 g/mol. The molecule has 0 aliphatic carbocycles. The van der Waals surface area contributed by atoms with Gasteiger partial charge in [0.05, 0.1) is 9.80 Å². The van der Waals surface area contributed by atoms with Crippen LogP contribution in [0.2, 0.25) is 0 Å². The minimum absolute atomic E-state index is 0. The summed E-state index contributed by atoms with van der Waals surface area (Å²) in [7, 11) is 0. The van der Waals surface area contributed by atoms with Crippen molar-refractivity contribution in [3.8, 4) is 0 Å². The van der Waals surface area contributed by atoms with E-state index in [9.17, 15) is 14.9 Å². The third-order valence-electron chi connectivity index (χ3n) is 2.95. The highest BCUT2D eigenvalue weighted by atomic mass is 35.5. The topological polar surface area (TPSA) is 84.3 Å². The maximum absolute atomic E-state index is 11.9. The van der Waals surface area contributed by atoms with Crippen LogP contribution in [-0.4, -0.2) is 29.5 Å². The van der Waals surface area contributed by atoms with Gasteiger partial charge in [-0.05, 0) is 32.4 Å². The third-order valence-corrected chi connectivity index (χ3v) is 3.99. The van der Waals surface area contributed by atoms with Crippen LogP contribution in [0.1, 0.15) is 29.4 Å². The van der Waals surface area contributed by atoms with Crippen molar-refractivity contribution in [1.82, 2.24) is 10.6 Å². The van der Waals surface area contributed by atoms with E-state index in [4.69, 9.17) is 0 Å². The van der Waals surface area contributed by atoms with Gasteiger partial charge in [-0.15, -0.1) is 12.4 Å². The molecular formula is C11H16ClN3O3S. The summed E-state index contributed by atoms with van der Waals surface area (Å²) in [6, 6.07) is 3.41. The summed E-state index contributed by atoms with van der Waals surface area (Å²) >= 11 is 0.912. The number of rotatable bonds is 3. The monoisotopic (exact) mass is 305 g/mol. The van der Waals surface area contributed by atoms with Crippen LogP contribution in [-0.2, 0) is 0 Å². The number of carbonyl (C=O) groups excluding carboxylic acids is 1. The minimum Gasteiger partial charge on any atom is -0.348 e. The lowest BCUT2D eigenvalue weighted by Crippen LogP contribution is -2.46. The first-order chi connectivity index (χ1) is 8.56. The zero-order valence-electron chi connectivity index (χ0n) is 10.4. The molecule has 1 saturated heterocycles. The Morgan fingerprint density at radius 2 is 2.32 bits per heavy atom. The number of amides is 1. The SMILES string of the molecule is CC1CC(NC(=O)c2ccc([N+](=O)[O-])s2)CCN1.Cl. The Morgan fingerprint density at radius 3 is 2.89 bits per heavy atom. The van der Waals surface area contributed by atoms with Crippen molar-refractivity contribution in [2.45, 2.75) is 31.8 Å². The summed E-state index contributed by atoms with van der Waals surface area (Å²) in [5, 5.41) is 16.8. The molecule has 1 amide bonds. The summed E-state index contributed by atoms with van der Waals surface area (Å²) in [6.07, 6.45) is 1.78. The highest BCUT2D eigenvalue weighted by Gasteiger charge is 2.22. The van der Waals surface area contributed by atoms with Gasteiger partial charge in [0.25, 0.3) is 5.91 Å². The van der Waals surface area contributed by atoms with Crippen LogP contribution in [0.25, 0.3) is 0 Å². The van der Waals surface area contributed by atoms with E-state index in [-0.39, 0.29) is 29.4 Å². The molecule has 0 radical (unpaired) electrons. The molecule has 0 bridgehead atoms. The first-order valence-corrected chi connectivity index (χ1v) is 6.66. The normalized spacial score (nSPS) is 22.4. The number of thiophene rings is 1. The van der Waals surface area contributed by atoms with Crippen molar-refractivity contribution in [1.29, 1.82) is 0 Å². The van der Waals surface area contributed by atoms with Crippen LogP contribution in [0.15, 0.2) is 12.1 Å². The molecule has 1 aromatic rings. The molecule has 0 saturated carbocycles. The van der Waals surface area contributed by atoms with Gasteiger partial charge >= 0.3 is 5.00 Å². The number of carbonyl (C=O) groups is 1. The zero-order valence-corrected chi connectivity index (χ0v) is 12.1. The van der Waals surface area contributed by atoms with E-state index in [0.717, 1.165) is 30.7 Å². The van der Waals surface area contributed by atoms with Crippen LogP contribution in [0.5, 0.6) is 0 Å². The number of halogens is 1. The molecule has 2 unspecified atom stereocenters. The molecule has 0 spiro atoms. The molecule has 8 heteroatoms. The van der Waals surface area contributed by atoms with Crippen LogP contribution < -0.4 is 10.6 Å². The van der Waals surface area contributed by atoms with Crippen LogP contribution >= 0.6 is 23.7 Å². The van der Waals surface area contributed by atoms with Gasteiger partial charge in [0.1, 0.15) is 0 Å². The lowest BCUT2D eigenvalue weighted by molar-refractivity contribution is -0.380. The first-order valence-electron chi connectivity index (χ1n) is 5.84. The van der Waals surface area contributed by atoms with E-state index in [1.807, 2.05) is 0 Å². The number of nitrogens with zero attached hydrogens (tertiary/aromatic N) is 1. The second kappa shape index (κ2) is 6.83. The first kappa shape index (κ1) is 15.9. The Bertz CT molecular complexity index is 466. The molecule has 106 valence electrons. The fourth-order valence-corrected chi connectivity index (χ4v) is 2.79. The van der Waals surface area contributed by atoms with E-state index in [1.165, 1.54) is 12.1 Å². The van der Waals surface area contributed by atoms with Gasteiger partial charge in [-0.25, -0.2) is 0 Å². The molecule has 2 atom stereocenters. The maximum atomic E-state index is 11.9. The number of hydrogen-bond donors (Lipinski definition) is 2. The third kappa shape index (κ3) is 4.15. The Labute approximate surface area is 121 Å². The van der Waals surface area contributed by atoms with Crippen molar-refractivity contribution in [2.24, 2.45) is 0 Å². The fraction of sp³-hybridized carbons (Fsp3) is 0.545. The number of nitro groups is 1. The highest BCUT2D eigenvalue weighted by molar-refractivity contribution is 7.17. The van der Waals surface area contributed by atoms with Crippen molar-refractivity contribution in [3.05, 3.63) is 27.1 Å². The fourth-order valence-electron chi connectivity index (χ4n) is 2.07. The second-order valence-corrected chi connectivity index (χ2v) is 5.51. The van der Waals surface area contributed by atoms with E-state index in [0.29, 0.717) is 10.9 Å². The smallest absolute Gasteiger partial charge is 0.324 e. The molecule has 1 aliphatic heterocycles. The van der Waals surface area contributed by atoms with E-state index in [1.54, 1.807) is 0 Å². The van der Waals surface area contributed by atoms with Crippen LogP contribution in [0, 0.1) is 10.1 Å². The summed E-state index contributed by atoms with van der Waals surface area (Å²) < 4.78 is 0. The van der Waals surface area contributed by atoms with Crippen LogP contribution in [0.3, 0.4) is 0 Å². The summed E-state index contributed by atoms with van der Waals surface area (Å²) in [5.41, 5.74) is 0. The van der Waals surface area contributed by atoms with Crippen molar-refractivity contribution < 1.29 is 9.72 Å². The molecular weight excluding hydrogens is 290 g/mol. The largest absolute Gasteiger partial charge is 0.348 e. The second-order valence-electron chi connectivity index (χ2n) is 4.44. The van der Waals surface area contributed by atoms with E-state index in [2.05, 4.69) is 17.6 Å². The van der Waals surface area contributed by atoms with Gasteiger partial charge < -0.3 is 10.6 Å². The summed E-state index contributed by atoms with van der Waals surface area (Å²) in [5.74, 6) is -0.216. The zero-order chi connectivity index (χ0) is 13.1. The van der Waals surface area contributed by atoms with Crippen molar-refractivity contribution in [3.63, 3.8) is 0 Å². The quantitative estimate of drug-likeness (QED) is 0.660.